The molecule has 1 amide bonds. The summed E-state index contributed by atoms with van der Waals surface area (Å²) in [5, 5.41) is 3.34. The number of unbranched alkanes of at least 4 members (excludes halogenated alkanes) is 1. The monoisotopic (exact) mass is 409 g/mol. The Hall–Kier alpha value is -2.09. The molecule has 1 aliphatic rings. The third-order valence-electron chi connectivity index (χ3n) is 5.18. The van der Waals surface area contributed by atoms with Crippen LogP contribution in [0, 0.1) is 11.8 Å². The molecule has 8 heteroatoms. The number of carbonyl (C=O) groups excluding carboxylic acids is 1. The molecular weight excluding hydrogens is 384 g/mol. The molecule has 0 aliphatic heterocycles. The summed E-state index contributed by atoms with van der Waals surface area (Å²) in [4.78, 5) is 16.9. The van der Waals surface area contributed by atoms with Gasteiger partial charge in [0.2, 0.25) is 11.0 Å². The maximum atomic E-state index is 12.5. The SMILES string of the molecule is CCCCC1CCC(C(=O)Nc2nc(-c3ccc(OC(F)F)cc3)ns2)CC1. The molecular formula is C20H25F2N3O2S. The topological polar surface area (TPSA) is 64.1 Å². The average molecular weight is 410 g/mol. The molecule has 28 heavy (non-hydrogen) atoms. The van der Waals surface area contributed by atoms with Crippen LogP contribution >= 0.6 is 11.5 Å². The molecule has 0 spiro atoms. The first-order valence-electron chi connectivity index (χ1n) is 9.75. The molecule has 0 unspecified atom stereocenters. The lowest BCUT2D eigenvalue weighted by molar-refractivity contribution is -0.121. The molecule has 0 atom stereocenters. The van der Waals surface area contributed by atoms with Crippen LogP contribution in [-0.2, 0) is 4.79 Å². The molecule has 0 saturated heterocycles. The quantitative estimate of drug-likeness (QED) is 0.604. The van der Waals surface area contributed by atoms with Crippen molar-refractivity contribution in [1.82, 2.24) is 9.36 Å². The van der Waals surface area contributed by atoms with Gasteiger partial charge in [0.1, 0.15) is 5.75 Å². The number of nitrogens with zero attached hydrogens (tertiary/aromatic N) is 2. The highest BCUT2D eigenvalue weighted by Crippen LogP contribution is 2.33. The highest BCUT2D eigenvalue weighted by atomic mass is 32.1. The fraction of sp³-hybridized carbons (Fsp3) is 0.550. The molecule has 1 aromatic carbocycles. The summed E-state index contributed by atoms with van der Waals surface area (Å²) in [6.07, 6.45) is 7.85. The normalized spacial score (nSPS) is 19.6. The van der Waals surface area contributed by atoms with Crippen molar-refractivity contribution in [2.24, 2.45) is 11.8 Å². The van der Waals surface area contributed by atoms with Gasteiger partial charge in [-0.15, -0.1) is 0 Å². The Balaban J connectivity index is 1.52. The van der Waals surface area contributed by atoms with E-state index in [0.717, 1.165) is 43.1 Å². The van der Waals surface area contributed by atoms with E-state index in [1.807, 2.05) is 0 Å². The van der Waals surface area contributed by atoms with Crippen molar-refractivity contribution < 1.29 is 18.3 Å². The minimum atomic E-state index is -2.85. The maximum Gasteiger partial charge on any atom is 0.387 e. The van der Waals surface area contributed by atoms with Gasteiger partial charge in [0.05, 0.1) is 0 Å². The number of anilines is 1. The number of hydrogen-bond donors (Lipinski definition) is 1. The summed E-state index contributed by atoms with van der Waals surface area (Å²) in [5.74, 6) is 1.34. The second-order valence-electron chi connectivity index (χ2n) is 7.18. The standard InChI is InChI=1S/C20H25F2N3O2S/c1-2-3-4-13-5-7-15(8-6-13)18(26)24-20-23-17(25-28-20)14-9-11-16(12-10-14)27-19(21)22/h9-13,15,19H,2-8H2,1H3,(H,23,24,25,26). The van der Waals surface area contributed by atoms with Crippen molar-refractivity contribution in [2.75, 3.05) is 5.32 Å². The molecule has 1 aromatic heterocycles. The van der Waals surface area contributed by atoms with E-state index in [1.54, 1.807) is 12.1 Å². The summed E-state index contributed by atoms with van der Waals surface area (Å²) in [6, 6.07) is 6.11. The molecule has 1 N–H and O–H groups in total. The summed E-state index contributed by atoms with van der Waals surface area (Å²) in [7, 11) is 0. The Morgan fingerprint density at radius 1 is 1.25 bits per heavy atom. The second-order valence-corrected chi connectivity index (χ2v) is 7.93. The van der Waals surface area contributed by atoms with Crippen LogP contribution in [0.5, 0.6) is 5.75 Å². The maximum absolute atomic E-state index is 12.5. The number of carbonyl (C=O) groups is 1. The molecule has 0 bridgehead atoms. The first kappa shape index (κ1) is 20.6. The number of hydrogen-bond acceptors (Lipinski definition) is 5. The highest BCUT2D eigenvalue weighted by molar-refractivity contribution is 7.10. The lowest BCUT2D eigenvalue weighted by atomic mass is 9.79. The van der Waals surface area contributed by atoms with E-state index in [2.05, 4.69) is 26.3 Å². The molecule has 2 aromatic rings. The first-order valence-corrected chi connectivity index (χ1v) is 10.5. The van der Waals surface area contributed by atoms with Crippen LogP contribution in [0.1, 0.15) is 51.9 Å². The largest absolute Gasteiger partial charge is 0.435 e. The van der Waals surface area contributed by atoms with Gasteiger partial charge in [-0.25, -0.2) is 0 Å². The lowest BCUT2D eigenvalue weighted by Crippen LogP contribution is -2.27. The van der Waals surface area contributed by atoms with Gasteiger partial charge in [-0.2, -0.15) is 18.1 Å². The van der Waals surface area contributed by atoms with Gasteiger partial charge in [0.25, 0.3) is 0 Å². The predicted molar refractivity (Wildman–Crippen MR) is 106 cm³/mol. The molecule has 1 aliphatic carbocycles. The second kappa shape index (κ2) is 9.91. The lowest BCUT2D eigenvalue weighted by Gasteiger charge is -2.27. The van der Waals surface area contributed by atoms with E-state index in [0.29, 0.717) is 16.5 Å². The number of nitrogens with one attached hydrogen (secondary N) is 1. The van der Waals surface area contributed by atoms with E-state index in [9.17, 15) is 13.6 Å². The van der Waals surface area contributed by atoms with E-state index < -0.39 is 6.61 Å². The van der Waals surface area contributed by atoms with Crippen LogP contribution < -0.4 is 10.1 Å². The smallest absolute Gasteiger partial charge is 0.387 e. The third kappa shape index (κ3) is 5.70. The van der Waals surface area contributed by atoms with Crippen molar-refractivity contribution in [3.05, 3.63) is 24.3 Å². The molecule has 3 rings (SSSR count). The van der Waals surface area contributed by atoms with E-state index >= 15 is 0 Å². The van der Waals surface area contributed by atoms with Gasteiger partial charge in [-0.3, -0.25) is 4.79 Å². The van der Waals surface area contributed by atoms with Crippen LogP contribution in [0.4, 0.5) is 13.9 Å². The molecule has 1 saturated carbocycles. The van der Waals surface area contributed by atoms with Crippen molar-refractivity contribution in [2.45, 2.75) is 58.5 Å². The van der Waals surface area contributed by atoms with Gasteiger partial charge >= 0.3 is 6.61 Å². The van der Waals surface area contributed by atoms with Crippen LogP contribution in [0.3, 0.4) is 0 Å². The summed E-state index contributed by atoms with van der Waals surface area (Å²) >= 11 is 1.12. The highest BCUT2D eigenvalue weighted by Gasteiger charge is 2.26. The van der Waals surface area contributed by atoms with Crippen molar-refractivity contribution >= 4 is 22.6 Å². The van der Waals surface area contributed by atoms with Crippen LogP contribution in [0.2, 0.25) is 0 Å². The fourth-order valence-corrected chi connectivity index (χ4v) is 4.18. The zero-order chi connectivity index (χ0) is 19.9. The van der Waals surface area contributed by atoms with Crippen molar-refractivity contribution in [1.29, 1.82) is 0 Å². The minimum absolute atomic E-state index is 0.0114. The van der Waals surface area contributed by atoms with Gasteiger partial charge in [-0.05, 0) is 55.9 Å². The number of rotatable bonds is 8. The number of benzene rings is 1. The van der Waals surface area contributed by atoms with Gasteiger partial charge in [0, 0.05) is 23.0 Å². The molecule has 0 radical (unpaired) electrons. The molecule has 152 valence electrons. The number of aromatic nitrogens is 2. The Morgan fingerprint density at radius 3 is 2.61 bits per heavy atom. The zero-order valence-electron chi connectivity index (χ0n) is 15.9. The Bertz CT molecular complexity index is 759. The fourth-order valence-electron chi connectivity index (χ4n) is 3.59. The first-order chi connectivity index (χ1) is 13.5. The Kier molecular flexibility index (Phi) is 7.30. The number of ether oxygens (including phenoxy) is 1. The minimum Gasteiger partial charge on any atom is -0.435 e. The molecule has 5 nitrogen and oxygen atoms in total. The summed E-state index contributed by atoms with van der Waals surface area (Å²) < 4.78 is 33.0. The Morgan fingerprint density at radius 2 is 1.96 bits per heavy atom. The average Bonchev–Trinajstić information content (AvgIpc) is 3.15. The molecule has 1 fully saturated rings. The van der Waals surface area contributed by atoms with Crippen LogP contribution in [-0.4, -0.2) is 21.9 Å². The zero-order valence-corrected chi connectivity index (χ0v) is 16.7. The van der Waals surface area contributed by atoms with Crippen molar-refractivity contribution in [3.8, 4) is 17.1 Å². The number of amides is 1. The van der Waals surface area contributed by atoms with Gasteiger partial charge < -0.3 is 10.1 Å². The van der Waals surface area contributed by atoms with Gasteiger partial charge in [-0.1, -0.05) is 26.2 Å². The predicted octanol–water partition coefficient (Wildman–Crippen LogP) is 5.74. The number of alkyl halides is 2. The third-order valence-corrected chi connectivity index (χ3v) is 5.81. The Labute approximate surface area is 167 Å². The summed E-state index contributed by atoms with van der Waals surface area (Å²) in [6.45, 7) is -0.646. The van der Waals surface area contributed by atoms with Crippen molar-refractivity contribution in [3.63, 3.8) is 0 Å². The summed E-state index contributed by atoms with van der Waals surface area (Å²) in [5.41, 5.74) is 0.676. The van der Waals surface area contributed by atoms with E-state index in [-0.39, 0.29) is 17.6 Å². The number of halogens is 2. The van der Waals surface area contributed by atoms with E-state index in [1.165, 1.54) is 31.4 Å². The van der Waals surface area contributed by atoms with Crippen LogP contribution in [0.15, 0.2) is 24.3 Å². The molecule has 1 heterocycles. The van der Waals surface area contributed by atoms with Gasteiger partial charge in [0.15, 0.2) is 5.82 Å². The van der Waals surface area contributed by atoms with Crippen LogP contribution in [0.25, 0.3) is 11.4 Å². The van der Waals surface area contributed by atoms with E-state index in [4.69, 9.17) is 0 Å².